The van der Waals surface area contributed by atoms with Gasteiger partial charge in [0.25, 0.3) is 5.78 Å². The lowest BCUT2D eigenvalue weighted by Crippen LogP contribution is -2.25. The second-order valence-electron chi connectivity index (χ2n) is 7.72. The van der Waals surface area contributed by atoms with Crippen LogP contribution in [0, 0.1) is 13.8 Å². The Hall–Kier alpha value is -2.76. The third kappa shape index (κ3) is 3.91. The van der Waals surface area contributed by atoms with Gasteiger partial charge in [-0.25, -0.2) is 9.50 Å². The summed E-state index contributed by atoms with van der Waals surface area (Å²) in [6.45, 7) is 4.48. The van der Waals surface area contributed by atoms with Gasteiger partial charge >= 0.3 is 0 Å². The van der Waals surface area contributed by atoms with E-state index in [0.717, 1.165) is 41.2 Å². The van der Waals surface area contributed by atoms with Crippen LogP contribution in [0.2, 0.25) is 0 Å². The van der Waals surface area contributed by atoms with Crippen LogP contribution >= 0.6 is 0 Å². The topological polar surface area (TPSA) is 72.2 Å². The van der Waals surface area contributed by atoms with E-state index in [2.05, 4.69) is 10.3 Å². The van der Waals surface area contributed by atoms with Gasteiger partial charge in [0.1, 0.15) is 0 Å². The molecule has 1 fully saturated rings. The normalized spacial score (nSPS) is 15.1. The van der Waals surface area contributed by atoms with Crippen molar-refractivity contribution in [1.29, 1.82) is 0 Å². The molecule has 1 amide bonds. The largest absolute Gasteiger partial charge is 0.352 e. The third-order valence-electron chi connectivity index (χ3n) is 5.71. The molecule has 146 valence electrons. The Morgan fingerprint density at radius 3 is 2.61 bits per heavy atom. The second kappa shape index (κ2) is 8.09. The fourth-order valence-electron chi connectivity index (χ4n) is 4.03. The summed E-state index contributed by atoms with van der Waals surface area (Å²) < 4.78 is 1.82. The number of aromatic nitrogens is 4. The first-order chi connectivity index (χ1) is 13.6. The van der Waals surface area contributed by atoms with Crippen LogP contribution in [0.15, 0.2) is 30.3 Å². The van der Waals surface area contributed by atoms with Crippen LogP contribution in [0.5, 0.6) is 0 Å². The number of carbonyl (C=O) groups excluding carboxylic acids is 1. The quantitative estimate of drug-likeness (QED) is 0.737. The van der Waals surface area contributed by atoms with Crippen molar-refractivity contribution in [2.45, 2.75) is 64.8 Å². The number of nitrogens with zero attached hydrogens (tertiary/aromatic N) is 4. The number of fused-ring (bicyclic) bond motifs is 1. The Labute approximate surface area is 165 Å². The molecule has 6 nitrogen and oxygen atoms in total. The van der Waals surface area contributed by atoms with Crippen LogP contribution in [0.3, 0.4) is 0 Å². The molecule has 2 aromatic heterocycles. The lowest BCUT2D eigenvalue weighted by atomic mass is 9.89. The zero-order chi connectivity index (χ0) is 19.5. The summed E-state index contributed by atoms with van der Waals surface area (Å²) in [6.07, 6.45) is 6.42. The highest BCUT2D eigenvalue weighted by molar-refractivity contribution is 5.79. The van der Waals surface area contributed by atoms with Crippen molar-refractivity contribution in [3.63, 3.8) is 0 Å². The molecule has 2 heterocycles. The summed E-state index contributed by atoms with van der Waals surface area (Å²) in [5.74, 6) is 1.97. The van der Waals surface area contributed by atoms with Gasteiger partial charge in [0.15, 0.2) is 5.82 Å². The fraction of sp³-hybridized carbons (Fsp3) is 0.455. The van der Waals surface area contributed by atoms with E-state index >= 15 is 0 Å². The number of aryl methyl sites for hydroxylation is 2. The zero-order valence-corrected chi connectivity index (χ0v) is 16.6. The van der Waals surface area contributed by atoms with Crippen molar-refractivity contribution in [3.05, 3.63) is 58.7 Å². The third-order valence-corrected chi connectivity index (χ3v) is 5.71. The van der Waals surface area contributed by atoms with E-state index in [0.29, 0.717) is 24.7 Å². The first-order valence-electron chi connectivity index (χ1n) is 10.1. The van der Waals surface area contributed by atoms with E-state index in [1.54, 1.807) is 0 Å². The van der Waals surface area contributed by atoms with Crippen molar-refractivity contribution < 1.29 is 4.79 Å². The molecular formula is C22H27N5O. The maximum Gasteiger partial charge on any atom is 0.252 e. The van der Waals surface area contributed by atoms with Crippen LogP contribution in [0.4, 0.5) is 0 Å². The van der Waals surface area contributed by atoms with E-state index in [1.165, 1.54) is 19.3 Å². The van der Waals surface area contributed by atoms with Gasteiger partial charge in [-0.2, -0.15) is 4.98 Å². The van der Waals surface area contributed by atoms with Gasteiger partial charge in [-0.1, -0.05) is 49.6 Å². The predicted molar refractivity (Wildman–Crippen MR) is 108 cm³/mol. The van der Waals surface area contributed by atoms with Crippen LogP contribution in [-0.2, 0) is 17.8 Å². The number of amides is 1. The molecule has 1 N–H and O–H groups in total. The van der Waals surface area contributed by atoms with Crippen molar-refractivity contribution in [2.24, 2.45) is 0 Å². The molecule has 0 spiro atoms. The first kappa shape index (κ1) is 18.6. The minimum atomic E-state index is -0.0103. The number of nitrogens with one attached hydrogen (secondary N) is 1. The van der Waals surface area contributed by atoms with Crippen LogP contribution in [0.25, 0.3) is 5.78 Å². The van der Waals surface area contributed by atoms with Gasteiger partial charge in [-0.3, -0.25) is 4.79 Å². The van der Waals surface area contributed by atoms with Gasteiger partial charge in [-0.05, 0) is 32.3 Å². The summed E-state index contributed by atoms with van der Waals surface area (Å²) >= 11 is 0. The monoisotopic (exact) mass is 377 g/mol. The van der Waals surface area contributed by atoms with E-state index in [9.17, 15) is 4.79 Å². The maximum atomic E-state index is 12.5. The smallest absolute Gasteiger partial charge is 0.252 e. The first-order valence-corrected chi connectivity index (χ1v) is 10.1. The molecule has 1 saturated carbocycles. The van der Waals surface area contributed by atoms with E-state index in [4.69, 9.17) is 10.1 Å². The van der Waals surface area contributed by atoms with Gasteiger partial charge in [0.2, 0.25) is 5.91 Å². The molecule has 4 rings (SSSR count). The molecule has 0 atom stereocenters. The van der Waals surface area contributed by atoms with Crippen LogP contribution in [0.1, 0.15) is 66.4 Å². The van der Waals surface area contributed by atoms with Gasteiger partial charge in [0.05, 0.1) is 6.42 Å². The Balaban J connectivity index is 1.52. The van der Waals surface area contributed by atoms with Crippen molar-refractivity contribution >= 4 is 11.7 Å². The molecule has 1 aliphatic carbocycles. The van der Waals surface area contributed by atoms with E-state index in [1.807, 2.05) is 48.7 Å². The van der Waals surface area contributed by atoms with E-state index in [-0.39, 0.29) is 5.91 Å². The molecule has 6 heteroatoms. The van der Waals surface area contributed by atoms with Gasteiger partial charge in [0, 0.05) is 29.4 Å². The number of rotatable bonds is 5. The summed E-state index contributed by atoms with van der Waals surface area (Å²) in [4.78, 5) is 21.8. The highest BCUT2D eigenvalue weighted by Crippen LogP contribution is 2.31. The molecule has 1 aromatic carbocycles. The summed E-state index contributed by atoms with van der Waals surface area (Å²) in [6, 6.07) is 9.93. The number of benzene rings is 1. The number of carbonyl (C=O) groups is 1. The molecular weight excluding hydrogens is 350 g/mol. The highest BCUT2D eigenvalue weighted by Gasteiger charge is 2.22. The molecule has 3 aromatic rings. The van der Waals surface area contributed by atoms with Gasteiger partial charge in [-0.15, -0.1) is 5.10 Å². The van der Waals surface area contributed by atoms with Crippen molar-refractivity contribution in [2.75, 3.05) is 0 Å². The summed E-state index contributed by atoms with van der Waals surface area (Å²) in [5.41, 5.74) is 3.82. The van der Waals surface area contributed by atoms with Crippen molar-refractivity contribution in [1.82, 2.24) is 24.9 Å². The zero-order valence-electron chi connectivity index (χ0n) is 16.6. The molecule has 0 radical (unpaired) electrons. The standard InChI is InChI=1S/C22H27N5O/c1-15-19(13-20(28)23-14-17-9-5-3-6-10-17)16(2)27-22(24-15)25-21(26-27)18-11-7-4-8-12-18/h3,5-6,9-10,18H,4,7-8,11-14H2,1-2H3,(H,23,28). The molecule has 0 aliphatic heterocycles. The lowest BCUT2D eigenvalue weighted by molar-refractivity contribution is -0.120. The minimum Gasteiger partial charge on any atom is -0.352 e. The molecule has 0 saturated heterocycles. The average molecular weight is 377 g/mol. The number of hydrogen-bond donors (Lipinski definition) is 1. The SMILES string of the molecule is Cc1nc2nc(C3CCCCC3)nn2c(C)c1CC(=O)NCc1ccccc1. The van der Waals surface area contributed by atoms with Gasteiger partial charge < -0.3 is 5.32 Å². The Morgan fingerprint density at radius 2 is 1.86 bits per heavy atom. The number of hydrogen-bond acceptors (Lipinski definition) is 4. The van der Waals surface area contributed by atoms with Crippen molar-refractivity contribution in [3.8, 4) is 0 Å². The molecule has 28 heavy (non-hydrogen) atoms. The highest BCUT2D eigenvalue weighted by atomic mass is 16.1. The summed E-state index contributed by atoms with van der Waals surface area (Å²) in [7, 11) is 0. The Morgan fingerprint density at radius 1 is 1.11 bits per heavy atom. The molecule has 1 aliphatic rings. The van der Waals surface area contributed by atoms with Crippen LogP contribution < -0.4 is 5.32 Å². The Bertz CT molecular complexity index is 974. The summed E-state index contributed by atoms with van der Waals surface area (Å²) in [5, 5.41) is 7.74. The van der Waals surface area contributed by atoms with E-state index < -0.39 is 0 Å². The fourth-order valence-corrected chi connectivity index (χ4v) is 4.03. The minimum absolute atomic E-state index is 0.0103. The van der Waals surface area contributed by atoms with Crippen LogP contribution in [-0.4, -0.2) is 25.5 Å². The average Bonchev–Trinajstić information content (AvgIpc) is 3.15. The molecule has 0 bridgehead atoms. The second-order valence-corrected chi connectivity index (χ2v) is 7.72. The Kier molecular flexibility index (Phi) is 5.37. The predicted octanol–water partition coefficient (Wildman–Crippen LogP) is 3.65. The maximum absolute atomic E-state index is 12.5. The lowest BCUT2D eigenvalue weighted by Gasteiger charge is -2.17. The molecule has 0 unspecified atom stereocenters.